The molecule has 1 aliphatic rings. The van der Waals surface area contributed by atoms with Gasteiger partial charge in [-0.1, -0.05) is 25.5 Å². The molecule has 0 spiro atoms. The zero-order valence-electron chi connectivity index (χ0n) is 11.2. The standard InChI is InChI=1S/C15H24N2O/c1-2-17-10-4-3-5-15(17)14(11-16)12-6-8-13(18)9-7-12/h6-9,14-15,18H,2-5,10-11,16H2,1H3. The SMILES string of the molecule is CCN1CCCCC1C(CN)c1ccc(O)cc1. The molecule has 0 bridgehead atoms. The molecule has 1 fully saturated rings. The Labute approximate surface area is 110 Å². The quantitative estimate of drug-likeness (QED) is 0.859. The van der Waals surface area contributed by atoms with Crippen molar-refractivity contribution in [1.82, 2.24) is 4.90 Å². The molecule has 18 heavy (non-hydrogen) atoms. The van der Waals surface area contributed by atoms with Crippen molar-refractivity contribution >= 4 is 0 Å². The Morgan fingerprint density at radius 2 is 2.06 bits per heavy atom. The fourth-order valence-electron chi connectivity index (χ4n) is 3.10. The molecule has 0 aromatic heterocycles. The highest BCUT2D eigenvalue weighted by molar-refractivity contribution is 5.29. The number of hydrogen-bond donors (Lipinski definition) is 2. The van der Waals surface area contributed by atoms with Gasteiger partial charge in [0.2, 0.25) is 0 Å². The lowest BCUT2D eigenvalue weighted by molar-refractivity contribution is 0.134. The highest BCUT2D eigenvalue weighted by Crippen LogP contribution is 2.30. The summed E-state index contributed by atoms with van der Waals surface area (Å²) in [6.07, 6.45) is 3.84. The highest BCUT2D eigenvalue weighted by Gasteiger charge is 2.29. The average Bonchev–Trinajstić information content (AvgIpc) is 2.42. The van der Waals surface area contributed by atoms with Crippen LogP contribution in [-0.2, 0) is 0 Å². The van der Waals surface area contributed by atoms with E-state index in [1.54, 1.807) is 12.1 Å². The van der Waals surface area contributed by atoms with Crippen molar-refractivity contribution in [3.8, 4) is 5.75 Å². The monoisotopic (exact) mass is 248 g/mol. The molecule has 0 radical (unpaired) electrons. The molecule has 2 atom stereocenters. The zero-order valence-corrected chi connectivity index (χ0v) is 11.2. The van der Waals surface area contributed by atoms with Gasteiger partial charge in [-0.15, -0.1) is 0 Å². The van der Waals surface area contributed by atoms with Gasteiger partial charge in [0.15, 0.2) is 0 Å². The summed E-state index contributed by atoms with van der Waals surface area (Å²) in [5.41, 5.74) is 7.25. The Morgan fingerprint density at radius 3 is 2.67 bits per heavy atom. The highest BCUT2D eigenvalue weighted by atomic mass is 16.3. The second-order valence-electron chi connectivity index (χ2n) is 5.13. The minimum atomic E-state index is 0.325. The van der Waals surface area contributed by atoms with Gasteiger partial charge >= 0.3 is 0 Å². The van der Waals surface area contributed by atoms with Crippen LogP contribution in [0.4, 0.5) is 0 Å². The van der Waals surface area contributed by atoms with Gasteiger partial charge in [0, 0.05) is 18.5 Å². The maximum absolute atomic E-state index is 9.38. The van der Waals surface area contributed by atoms with E-state index in [0.29, 0.717) is 24.3 Å². The van der Waals surface area contributed by atoms with Crippen LogP contribution in [-0.4, -0.2) is 35.7 Å². The van der Waals surface area contributed by atoms with Gasteiger partial charge < -0.3 is 15.7 Å². The summed E-state index contributed by atoms with van der Waals surface area (Å²) in [6.45, 7) is 5.18. The van der Waals surface area contributed by atoms with Crippen LogP contribution in [0, 0.1) is 0 Å². The first-order valence-electron chi connectivity index (χ1n) is 6.99. The first-order valence-corrected chi connectivity index (χ1v) is 6.99. The van der Waals surface area contributed by atoms with E-state index in [2.05, 4.69) is 11.8 Å². The summed E-state index contributed by atoms with van der Waals surface area (Å²) < 4.78 is 0. The predicted octanol–water partition coefficient (Wildman–Crippen LogP) is 2.31. The van der Waals surface area contributed by atoms with Crippen molar-refractivity contribution < 1.29 is 5.11 Å². The van der Waals surface area contributed by atoms with E-state index in [0.717, 1.165) is 6.54 Å². The van der Waals surface area contributed by atoms with Crippen LogP contribution in [0.5, 0.6) is 5.75 Å². The fourth-order valence-corrected chi connectivity index (χ4v) is 3.10. The number of hydrogen-bond acceptors (Lipinski definition) is 3. The number of benzene rings is 1. The summed E-state index contributed by atoms with van der Waals surface area (Å²) >= 11 is 0. The molecule has 1 aromatic carbocycles. The molecular weight excluding hydrogens is 224 g/mol. The third-order valence-corrected chi connectivity index (χ3v) is 4.11. The van der Waals surface area contributed by atoms with E-state index in [1.165, 1.54) is 31.4 Å². The Kier molecular flexibility index (Phi) is 4.61. The number of nitrogens with zero attached hydrogens (tertiary/aromatic N) is 1. The van der Waals surface area contributed by atoms with Crippen molar-refractivity contribution in [3.05, 3.63) is 29.8 Å². The molecule has 3 heteroatoms. The smallest absolute Gasteiger partial charge is 0.115 e. The Balaban J connectivity index is 2.18. The van der Waals surface area contributed by atoms with Crippen molar-refractivity contribution in [2.45, 2.75) is 38.1 Å². The largest absolute Gasteiger partial charge is 0.508 e. The van der Waals surface area contributed by atoms with Crippen molar-refractivity contribution in [2.75, 3.05) is 19.6 Å². The number of phenolic OH excluding ortho intramolecular Hbond substituents is 1. The molecule has 1 heterocycles. The fraction of sp³-hybridized carbons (Fsp3) is 0.600. The van der Waals surface area contributed by atoms with Crippen LogP contribution in [0.2, 0.25) is 0 Å². The van der Waals surface area contributed by atoms with Crippen LogP contribution in [0.15, 0.2) is 24.3 Å². The van der Waals surface area contributed by atoms with E-state index in [-0.39, 0.29) is 0 Å². The van der Waals surface area contributed by atoms with E-state index < -0.39 is 0 Å². The molecule has 3 nitrogen and oxygen atoms in total. The Bertz CT molecular complexity index is 363. The molecule has 3 N–H and O–H groups in total. The van der Waals surface area contributed by atoms with Gasteiger partial charge in [0.05, 0.1) is 0 Å². The first kappa shape index (κ1) is 13.4. The number of piperidine rings is 1. The van der Waals surface area contributed by atoms with Crippen LogP contribution < -0.4 is 5.73 Å². The zero-order chi connectivity index (χ0) is 13.0. The minimum absolute atomic E-state index is 0.325. The molecule has 0 aliphatic carbocycles. The van der Waals surface area contributed by atoms with Crippen LogP contribution in [0.25, 0.3) is 0 Å². The van der Waals surface area contributed by atoms with E-state index in [4.69, 9.17) is 5.73 Å². The molecule has 2 unspecified atom stereocenters. The molecule has 1 aromatic rings. The lowest BCUT2D eigenvalue weighted by Crippen LogP contribution is -2.45. The third-order valence-electron chi connectivity index (χ3n) is 4.11. The van der Waals surface area contributed by atoms with Gasteiger partial charge in [-0.2, -0.15) is 0 Å². The summed E-state index contributed by atoms with van der Waals surface area (Å²) in [7, 11) is 0. The van der Waals surface area contributed by atoms with E-state index in [1.807, 2.05) is 12.1 Å². The minimum Gasteiger partial charge on any atom is -0.508 e. The van der Waals surface area contributed by atoms with Crippen molar-refractivity contribution in [3.63, 3.8) is 0 Å². The summed E-state index contributed by atoms with van der Waals surface area (Å²) in [5.74, 6) is 0.705. The molecular formula is C15H24N2O. The number of likely N-dealkylation sites (N-methyl/N-ethyl adjacent to an activating group) is 1. The summed E-state index contributed by atoms with van der Waals surface area (Å²) in [6, 6.07) is 8.09. The van der Waals surface area contributed by atoms with E-state index in [9.17, 15) is 5.11 Å². The lowest BCUT2D eigenvalue weighted by Gasteiger charge is -2.39. The van der Waals surface area contributed by atoms with Crippen molar-refractivity contribution in [1.29, 1.82) is 0 Å². The lowest BCUT2D eigenvalue weighted by atomic mass is 9.85. The summed E-state index contributed by atoms with van der Waals surface area (Å²) in [4.78, 5) is 2.55. The maximum Gasteiger partial charge on any atom is 0.115 e. The molecule has 1 aliphatic heterocycles. The number of rotatable bonds is 4. The molecule has 2 rings (SSSR count). The average molecular weight is 248 g/mol. The van der Waals surface area contributed by atoms with Gasteiger partial charge in [0.1, 0.15) is 5.75 Å². The van der Waals surface area contributed by atoms with Crippen molar-refractivity contribution in [2.24, 2.45) is 5.73 Å². The third kappa shape index (κ3) is 2.85. The van der Waals surface area contributed by atoms with Crippen LogP contribution >= 0.6 is 0 Å². The van der Waals surface area contributed by atoms with Crippen LogP contribution in [0.3, 0.4) is 0 Å². The predicted molar refractivity (Wildman–Crippen MR) is 74.8 cm³/mol. The first-order chi connectivity index (χ1) is 8.76. The summed E-state index contributed by atoms with van der Waals surface area (Å²) in [5, 5.41) is 9.38. The Hall–Kier alpha value is -1.06. The van der Waals surface area contributed by atoms with E-state index >= 15 is 0 Å². The van der Waals surface area contributed by atoms with Gasteiger partial charge in [0.25, 0.3) is 0 Å². The molecule has 1 saturated heterocycles. The number of likely N-dealkylation sites (tertiary alicyclic amines) is 1. The van der Waals surface area contributed by atoms with Gasteiger partial charge in [-0.25, -0.2) is 0 Å². The molecule has 0 saturated carbocycles. The second kappa shape index (κ2) is 6.21. The molecule has 0 amide bonds. The van der Waals surface area contributed by atoms with Gasteiger partial charge in [-0.3, -0.25) is 0 Å². The molecule has 100 valence electrons. The second-order valence-corrected chi connectivity index (χ2v) is 5.13. The number of phenols is 1. The van der Waals surface area contributed by atoms with Crippen LogP contribution in [0.1, 0.15) is 37.7 Å². The number of nitrogens with two attached hydrogens (primary N) is 1. The number of aromatic hydroxyl groups is 1. The normalized spacial score (nSPS) is 22.9. The maximum atomic E-state index is 9.38. The Morgan fingerprint density at radius 1 is 1.33 bits per heavy atom. The van der Waals surface area contributed by atoms with Gasteiger partial charge in [-0.05, 0) is 43.6 Å². The topological polar surface area (TPSA) is 49.5 Å².